The van der Waals surface area contributed by atoms with Crippen LogP contribution >= 0.6 is 79.6 Å². The molecule has 1 rings (SSSR count). The van der Waals surface area contributed by atoms with Gasteiger partial charge in [-0.1, -0.05) is 93.5 Å². The molecule has 0 N–H and O–H groups in total. The molecule has 1 unspecified atom stereocenters. The molecule has 0 aromatic carbocycles. The van der Waals surface area contributed by atoms with E-state index in [2.05, 4.69) is 93.5 Å². The van der Waals surface area contributed by atoms with Crippen LogP contribution in [0, 0.1) is 5.92 Å². The first-order valence-electron chi connectivity index (χ1n) is 8.13. The zero-order valence-electron chi connectivity index (χ0n) is 13.3. The van der Waals surface area contributed by atoms with Gasteiger partial charge >= 0.3 is 0 Å². The molecule has 1 aliphatic carbocycles. The Labute approximate surface area is 178 Å². The summed E-state index contributed by atoms with van der Waals surface area (Å²) in [5.74, 6) is 0.584. The molecule has 132 valence electrons. The van der Waals surface area contributed by atoms with Crippen LogP contribution in [-0.4, -0.2) is 36.8 Å². The first kappa shape index (κ1) is 22.4. The van der Waals surface area contributed by atoms with Gasteiger partial charge in [0.2, 0.25) is 0 Å². The standard InChI is InChI=1S/C16H27Br5O/c1-10(2)9-22-16-8-7-14(20)12(18)4-3-11(17)13(19)5-6-15(16)21/h10-16H,3-9H2,1-2H3/t11-,12-,13+,14-,15+,16?/m0/s1. The minimum atomic E-state index is 0.301. The summed E-state index contributed by atoms with van der Waals surface area (Å²) in [4.78, 5) is 2.50. The third kappa shape index (κ3) is 8.64. The molecule has 0 aromatic heterocycles. The lowest BCUT2D eigenvalue weighted by Crippen LogP contribution is -2.30. The van der Waals surface area contributed by atoms with E-state index in [1.807, 2.05) is 0 Å². The molecule has 1 saturated carbocycles. The number of alkyl halides is 5. The van der Waals surface area contributed by atoms with Gasteiger partial charge in [0, 0.05) is 30.7 Å². The summed E-state index contributed by atoms with van der Waals surface area (Å²) in [6.07, 6.45) is 7.23. The predicted molar refractivity (Wildman–Crippen MR) is 116 cm³/mol. The molecule has 0 radical (unpaired) electrons. The van der Waals surface area contributed by atoms with Crippen molar-refractivity contribution in [1.82, 2.24) is 0 Å². The number of hydrogen-bond donors (Lipinski definition) is 0. The van der Waals surface area contributed by atoms with E-state index in [1.165, 1.54) is 12.8 Å². The Hall–Kier alpha value is 2.36. The Morgan fingerprint density at radius 3 is 1.45 bits per heavy atom. The average Bonchev–Trinajstić information content (AvgIpc) is 2.47. The van der Waals surface area contributed by atoms with Crippen LogP contribution < -0.4 is 0 Å². The van der Waals surface area contributed by atoms with Gasteiger partial charge in [0.15, 0.2) is 0 Å². The summed E-state index contributed by atoms with van der Waals surface area (Å²) < 4.78 is 6.20. The zero-order chi connectivity index (χ0) is 16.7. The van der Waals surface area contributed by atoms with E-state index in [9.17, 15) is 0 Å². The number of hydrogen-bond acceptors (Lipinski definition) is 1. The summed E-state index contributed by atoms with van der Waals surface area (Å²) in [5, 5.41) is 0. The molecule has 0 heterocycles. The quantitative estimate of drug-likeness (QED) is 0.299. The number of halogens is 5. The highest BCUT2D eigenvalue weighted by Crippen LogP contribution is 2.33. The van der Waals surface area contributed by atoms with Gasteiger partial charge in [-0.3, -0.25) is 0 Å². The molecule has 1 aliphatic rings. The van der Waals surface area contributed by atoms with Crippen LogP contribution in [-0.2, 0) is 4.74 Å². The second-order valence-corrected chi connectivity index (χ2v) is 12.5. The van der Waals surface area contributed by atoms with E-state index >= 15 is 0 Å². The van der Waals surface area contributed by atoms with Gasteiger partial charge in [0.05, 0.1) is 6.10 Å². The fraction of sp³-hybridized carbons (Fsp3) is 1.00. The fourth-order valence-corrected chi connectivity index (χ4v) is 5.35. The second kappa shape index (κ2) is 11.9. The van der Waals surface area contributed by atoms with E-state index in [0.29, 0.717) is 36.2 Å². The van der Waals surface area contributed by atoms with Gasteiger partial charge in [-0.15, -0.1) is 0 Å². The third-order valence-corrected chi connectivity index (χ3v) is 10.8. The summed E-state index contributed by atoms with van der Waals surface area (Å²) in [7, 11) is 0. The van der Waals surface area contributed by atoms with Gasteiger partial charge in [-0.05, 0) is 44.4 Å². The molecule has 1 nitrogen and oxygen atoms in total. The van der Waals surface area contributed by atoms with Crippen molar-refractivity contribution in [1.29, 1.82) is 0 Å². The molecular weight excluding hydrogens is 608 g/mol. The summed E-state index contributed by atoms with van der Waals surface area (Å²) in [6, 6.07) is 0. The predicted octanol–water partition coefficient (Wildman–Crippen LogP) is 7.20. The fourth-order valence-electron chi connectivity index (χ4n) is 2.55. The maximum Gasteiger partial charge on any atom is 0.0700 e. The van der Waals surface area contributed by atoms with Crippen LogP contribution in [0.15, 0.2) is 0 Å². The smallest absolute Gasteiger partial charge is 0.0700 e. The lowest BCUT2D eigenvalue weighted by atomic mass is 9.99. The molecular formula is C16H27Br5O. The molecule has 0 aromatic rings. The summed E-state index contributed by atoms with van der Waals surface area (Å²) >= 11 is 19.3. The molecule has 0 bridgehead atoms. The topological polar surface area (TPSA) is 9.23 Å². The normalized spacial score (nSPS) is 39.3. The van der Waals surface area contributed by atoms with Gasteiger partial charge in [0.25, 0.3) is 0 Å². The monoisotopic (exact) mass is 630 g/mol. The lowest BCUT2D eigenvalue weighted by molar-refractivity contribution is 0.0278. The molecule has 0 aliphatic heterocycles. The molecule has 6 heteroatoms. The zero-order valence-corrected chi connectivity index (χ0v) is 21.2. The molecule has 0 saturated heterocycles. The van der Waals surface area contributed by atoms with E-state index in [4.69, 9.17) is 4.74 Å². The van der Waals surface area contributed by atoms with E-state index in [0.717, 1.165) is 32.3 Å². The Balaban J connectivity index is 2.69. The van der Waals surface area contributed by atoms with Crippen LogP contribution in [0.25, 0.3) is 0 Å². The first-order chi connectivity index (χ1) is 10.3. The van der Waals surface area contributed by atoms with Crippen LogP contribution in [0.3, 0.4) is 0 Å². The van der Waals surface area contributed by atoms with E-state index in [1.54, 1.807) is 0 Å². The highest BCUT2D eigenvalue weighted by atomic mass is 79.9. The highest BCUT2D eigenvalue weighted by Gasteiger charge is 2.27. The molecule has 6 atom stereocenters. The second-order valence-electron chi connectivity index (χ2n) is 6.58. The van der Waals surface area contributed by atoms with Crippen molar-refractivity contribution in [2.75, 3.05) is 6.61 Å². The van der Waals surface area contributed by atoms with Crippen molar-refractivity contribution >= 4 is 79.6 Å². The third-order valence-electron chi connectivity index (χ3n) is 4.00. The maximum absolute atomic E-state index is 6.20. The molecule has 1 fully saturated rings. The average molecular weight is 635 g/mol. The van der Waals surface area contributed by atoms with Gasteiger partial charge in [0.1, 0.15) is 0 Å². The van der Waals surface area contributed by atoms with Crippen LogP contribution in [0.2, 0.25) is 0 Å². The van der Waals surface area contributed by atoms with Gasteiger partial charge in [-0.2, -0.15) is 0 Å². The van der Waals surface area contributed by atoms with Crippen molar-refractivity contribution in [3.8, 4) is 0 Å². The Bertz CT molecular complexity index is 302. The van der Waals surface area contributed by atoms with Crippen molar-refractivity contribution in [3.63, 3.8) is 0 Å². The summed E-state index contributed by atoms with van der Waals surface area (Å²) in [5.41, 5.74) is 0. The number of ether oxygens (including phenoxy) is 1. The lowest BCUT2D eigenvalue weighted by Gasteiger charge is -2.29. The van der Waals surface area contributed by atoms with Crippen molar-refractivity contribution in [2.24, 2.45) is 5.92 Å². The van der Waals surface area contributed by atoms with Crippen molar-refractivity contribution in [2.45, 2.75) is 82.6 Å². The van der Waals surface area contributed by atoms with Gasteiger partial charge < -0.3 is 4.74 Å². The van der Waals surface area contributed by atoms with Crippen LogP contribution in [0.1, 0.15) is 52.4 Å². The van der Waals surface area contributed by atoms with E-state index < -0.39 is 0 Å². The largest absolute Gasteiger partial charge is 0.377 e. The molecule has 0 spiro atoms. The van der Waals surface area contributed by atoms with Crippen LogP contribution in [0.4, 0.5) is 0 Å². The Morgan fingerprint density at radius 1 is 0.682 bits per heavy atom. The Morgan fingerprint density at radius 2 is 1.05 bits per heavy atom. The highest BCUT2D eigenvalue weighted by molar-refractivity contribution is 9.12. The minimum absolute atomic E-state index is 0.301. The van der Waals surface area contributed by atoms with Crippen molar-refractivity contribution < 1.29 is 4.74 Å². The minimum Gasteiger partial charge on any atom is -0.377 e. The Kier molecular flexibility index (Phi) is 12.1. The summed E-state index contributed by atoms with van der Waals surface area (Å²) in [6.45, 7) is 5.27. The molecule has 22 heavy (non-hydrogen) atoms. The van der Waals surface area contributed by atoms with Crippen molar-refractivity contribution in [3.05, 3.63) is 0 Å². The van der Waals surface area contributed by atoms with Gasteiger partial charge in [-0.25, -0.2) is 0 Å². The number of rotatable bonds is 3. The van der Waals surface area contributed by atoms with Crippen LogP contribution in [0.5, 0.6) is 0 Å². The van der Waals surface area contributed by atoms with E-state index in [-0.39, 0.29) is 0 Å². The SMILES string of the molecule is CC(C)COC1CC[C@H](Br)[C@@H](Br)CC[C@H](Br)[C@H](Br)CC[C@H]1Br. The first-order valence-corrected chi connectivity index (χ1v) is 12.7. The maximum atomic E-state index is 6.20. The molecule has 0 amide bonds.